The Balaban J connectivity index is 2.00. The van der Waals surface area contributed by atoms with Gasteiger partial charge in [-0.1, -0.05) is 24.3 Å². The monoisotopic (exact) mass is 319 g/mol. The minimum absolute atomic E-state index is 0.0367. The van der Waals surface area contributed by atoms with E-state index < -0.39 is 11.6 Å². The smallest absolute Gasteiger partial charge is 0.410 e. The summed E-state index contributed by atoms with van der Waals surface area (Å²) in [5.41, 5.74) is 1.45. The number of nitrogens with zero attached hydrogens (tertiary/aromatic N) is 1. The number of hydrogen-bond donors (Lipinski definition) is 1. The van der Waals surface area contributed by atoms with Gasteiger partial charge in [-0.15, -0.1) is 0 Å². The number of carbonyl (C=O) groups excluding carboxylic acids is 1. The summed E-state index contributed by atoms with van der Waals surface area (Å²) in [6, 6.07) is 7.66. The summed E-state index contributed by atoms with van der Waals surface area (Å²) in [7, 11) is 0. The topological polar surface area (TPSA) is 66.8 Å². The Morgan fingerprint density at radius 3 is 2.48 bits per heavy atom. The third kappa shape index (κ3) is 5.27. The van der Waals surface area contributed by atoms with E-state index in [9.17, 15) is 9.59 Å². The van der Waals surface area contributed by atoms with E-state index in [0.717, 1.165) is 30.5 Å². The molecular formula is C18H25NO4. The van der Waals surface area contributed by atoms with E-state index in [0.29, 0.717) is 6.54 Å². The molecule has 1 heterocycles. The molecule has 1 unspecified atom stereocenters. The van der Waals surface area contributed by atoms with Gasteiger partial charge in [-0.3, -0.25) is 4.79 Å². The molecule has 5 nitrogen and oxygen atoms in total. The van der Waals surface area contributed by atoms with E-state index in [1.807, 2.05) is 45.0 Å². The van der Waals surface area contributed by atoms with Crippen molar-refractivity contribution in [3.8, 4) is 0 Å². The SMILES string of the molecule is CC(C)(C)OC(=O)N1CCCC(c2ccc(CC(=O)O)cc2)C1. The van der Waals surface area contributed by atoms with Gasteiger partial charge in [0, 0.05) is 19.0 Å². The van der Waals surface area contributed by atoms with E-state index in [4.69, 9.17) is 9.84 Å². The third-order valence-corrected chi connectivity index (χ3v) is 3.88. The van der Waals surface area contributed by atoms with Gasteiger partial charge in [-0.25, -0.2) is 4.79 Å². The lowest BCUT2D eigenvalue weighted by atomic mass is 9.90. The zero-order valence-electron chi connectivity index (χ0n) is 14.0. The van der Waals surface area contributed by atoms with E-state index in [2.05, 4.69) is 0 Å². The average Bonchev–Trinajstić information content (AvgIpc) is 2.46. The normalized spacial score (nSPS) is 18.6. The lowest BCUT2D eigenvalue weighted by molar-refractivity contribution is -0.136. The fraction of sp³-hybridized carbons (Fsp3) is 0.556. The average molecular weight is 319 g/mol. The van der Waals surface area contributed by atoms with Crippen LogP contribution in [0.25, 0.3) is 0 Å². The van der Waals surface area contributed by atoms with Crippen LogP contribution < -0.4 is 0 Å². The Kier molecular flexibility index (Phi) is 5.29. The Bertz CT molecular complexity index is 559. The van der Waals surface area contributed by atoms with Crippen LogP contribution in [0, 0.1) is 0 Å². The summed E-state index contributed by atoms with van der Waals surface area (Å²) < 4.78 is 5.45. The first kappa shape index (κ1) is 17.3. The van der Waals surface area contributed by atoms with Gasteiger partial charge in [0.2, 0.25) is 0 Å². The predicted octanol–water partition coefficient (Wildman–Crippen LogP) is 3.43. The molecule has 0 aliphatic carbocycles. The molecule has 1 aromatic carbocycles. The molecule has 0 bridgehead atoms. The second kappa shape index (κ2) is 7.02. The van der Waals surface area contributed by atoms with Crippen LogP contribution in [0.4, 0.5) is 4.79 Å². The van der Waals surface area contributed by atoms with Gasteiger partial charge in [-0.2, -0.15) is 0 Å². The number of piperidine rings is 1. The standard InChI is InChI=1S/C18H25NO4/c1-18(2,3)23-17(22)19-10-4-5-15(12-19)14-8-6-13(7-9-14)11-16(20)21/h6-9,15H,4-5,10-12H2,1-3H3,(H,20,21). The van der Waals surface area contributed by atoms with Gasteiger partial charge < -0.3 is 14.7 Å². The molecule has 1 saturated heterocycles. The van der Waals surface area contributed by atoms with Gasteiger partial charge in [0.25, 0.3) is 0 Å². The first-order valence-corrected chi connectivity index (χ1v) is 8.03. The van der Waals surface area contributed by atoms with Crippen LogP contribution in [0.5, 0.6) is 0 Å². The van der Waals surface area contributed by atoms with E-state index in [1.54, 1.807) is 4.90 Å². The van der Waals surface area contributed by atoms with Crippen LogP contribution in [0.3, 0.4) is 0 Å². The molecule has 23 heavy (non-hydrogen) atoms. The maximum Gasteiger partial charge on any atom is 0.410 e. The summed E-state index contributed by atoms with van der Waals surface area (Å²) in [6.07, 6.45) is 1.75. The first-order valence-electron chi connectivity index (χ1n) is 8.03. The van der Waals surface area contributed by atoms with E-state index in [-0.39, 0.29) is 18.4 Å². The number of hydrogen-bond acceptors (Lipinski definition) is 3. The van der Waals surface area contributed by atoms with E-state index >= 15 is 0 Å². The van der Waals surface area contributed by atoms with Crippen molar-refractivity contribution in [1.29, 1.82) is 0 Å². The highest BCUT2D eigenvalue weighted by Crippen LogP contribution is 2.28. The van der Waals surface area contributed by atoms with Crippen LogP contribution in [-0.4, -0.2) is 40.8 Å². The highest BCUT2D eigenvalue weighted by molar-refractivity contribution is 5.70. The molecule has 0 spiro atoms. The van der Waals surface area contributed by atoms with Crippen molar-refractivity contribution in [3.05, 3.63) is 35.4 Å². The Labute approximate surface area is 137 Å². The van der Waals surface area contributed by atoms with Crippen molar-refractivity contribution in [2.45, 2.75) is 51.6 Å². The molecule has 1 aliphatic rings. The van der Waals surface area contributed by atoms with Crippen molar-refractivity contribution >= 4 is 12.1 Å². The lowest BCUT2D eigenvalue weighted by Crippen LogP contribution is -2.42. The second-order valence-electron chi connectivity index (χ2n) is 7.08. The van der Waals surface area contributed by atoms with Crippen LogP contribution >= 0.6 is 0 Å². The fourth-order valence-electron chi connectivity index (χ4n) is 2.82. The van der Waals surface area contributed by atoms with E-state index in [1.165, 1.54) is 0 Å². The molecule has 0 saturated carbocycles. The largest absolute Gasteiger partial charge is 0.481 e. The zero-order valence-corrected chi connectivity index (χ0v) is 14.0. The molecule has 0 radical (unpaired) electrons. The van der Waals surface area contributed by atoms with Crippen LogP contribution in [0.15, 0.2) is 24.3 Å². The molecule has 1 aliphatic heterocycles. The summed E-state index contributed by atoms with van der Waals surface area (Å²) in [4.78, 5) is 24.7. The summed E-state index contributed by atoms with van der Waals surface area (Å²) in [5.74, 6) is -0.554. The Hall–Kier alpha value is -2.04. The maximum absolute atomic E-state index is 12.2. The fourth-order valence-corrected chi connectivity index (χ4v) is 2.82. The number of carboxylic acids is 1. The van der Waals surface area contributed by atoms with Gasteiger partial charge in [0.05, 0.1) is 6.42 Å². The number of carboxylic acid groups (broad SMARTS) is 1. The number of aliphatic carboxylic acids is 1. The number of amides is 1. The minimum Gasteiger partial charge on any atom is -0.481 e. The number of ether oxygens (including phenoxy) is 1. The minimum atomic E-state index is -0.827. The molecule has 0 aromatic heterocycles. The maximum atomic E-state index is 12.2. The molecule has 1 aromatic rings. The number of benzene rings is 1. The van der Waals surface area contributed by atoms with Gasteiger partial charge in [0.1, 0.15) is 5.60 Å². The van der Waals surface area contributed by atoms with Crippen molar-refractivity contribution < 1.29 is 19.4 Å². The first-order chi connectivity index (χ1) is 10.7. The molecule has 1 atom stereocenters. The molecule has 5 heteroatoms. The van der Waals surface area contributed by atoms with Crippen molar-refractivity contribution in [3.63, 3.8) is 0 Å². The van der Waals surface area contributed by atoms with Crippen molar-refractivity contribution in [1.82, 2.24) is 4.90 Å². The Morgan fingerprint density at radius 2 is 1.91 bits per heavy atom. The third-order valence-electron chi connectivity index (χ3n) is 3.88. The summed E-state index contributed by atoms with van der Waals surface area (Å²) >= 11 is 0. The van der Waals surface area contributed by atoms with Crippen molar-refractivity contribution in [2.24, 2.45) is 0 Å². The van der Waals surface area contributed by atoms with Crippen LogP contribution in [0.2, 0.25) is 0 Å². The highest BCUT2D eigenvalue weighted by atomic mass is 16.6. The number of likely N-dealkylation sites (tertiary alicyclic amines) is 1. The molecular weight excluding hydrogens is 294 g/mol. The molecule has 1 N–H and O–H groups in total. The van der Waals surface area contributed by atoms with Crippen LogP contribution in [0.1, 0.15) is 50.7 Å². The highest BCUT2D eigenvalue weighted by Gasteiger charge is 2.28. The zero-order chi connectivity index (χ0) is 17.0. The summed E-state index contributed by atoms with van der Waals surface area (Å²) in [5, 5.41) is 8.82. The number of rotatable bonds is 3. The lowest BCUT2D eigenvalue weighted by Gasteiger charge is -2.34. The summed E-state index contributed by atoms with van der Waals surface area (Å²) in [6.45, 7) is 6.98. The molecule has 126 valence electrons. The predicted molar refractivity (Wildman–Crippen MR) is 87.6 cm³/mol. The van der Waals surface area contributed by atoms with Gasteiger partial charge in [-0.05, 0) is 44.7 Å². The van der Waals surface area contributed by atoms with Gasteiger partial charge in [0.15, 0.2) is 0 Å². The number of carbonyl (C=O) groups is 2. The van der Waals surface area contributed by atoms with Crippen LogP contribution in [-0.2, 0) is 16.0 Å². The second-order valence-corrected chi connectivity index (χ2v) is 7.08. The van der Waals surface area contributed by atoms with Gasteiger partial charge >= 0.3 is 12.1 Å². The van der Waals surface area contributed by atoms with Crippen molar-refractivity contribution in [2.75, 3.05) is 13.1 Å². The molecule has 1 amide bonds. The molecule has 1 fully saturated rings. The quantitative estimate of drug-likeness (QED) is 0.927. The Morgan fingerprint density at radius 1 is 1.26 bits per heavy atom. The molecule has 2 rings (SSSR count).